The van der Waals surface area contributed by atoms with E-state index in [1.807, 2.05) is 13.0 Å². The van der Waals surface area contributed by atoms with Crippen molar-refractivity contribution in [2.45, 2.75) is 53.4 Å². The van der Waals surface area contributed by atoms with Crippen molar-refractivity contribution in [2.24, 2.45) is 0 Å². The van der Waals surface area contributed by atoms with Crippen LogP contribution >= 0.6 is 7.52 Å². The lowest BCUT2D eigenvalue weighted by Crippen LogP contribution is -2.31. The van der Waals surface area contributed by atoms with E-state index in [1.54, 1.807) is 51.1 Å². The maximum absolute atomic E-state index is 13.8. The molecule has 0 spiro atoms. The summed E-state index contributed by atoms with van der Waals surface area (Å²) < 4.78 is 35.5. The molecule has 0 amide bonds. The largest absolute Gasteiger partial charge is 0.507 e. The minimum absolute atomic E-state index is 0.00491. The number of hydrogen-bond donors (Lipinski definition) is 2. The number of phenols is 1. The Hall–Kier alpha value is -3.29. The lowest BCUT2D eigenvalue weighted by molar-refractivity contribution is -0.148. The van der Waals surface area contributed by atoms with Crippen LogP contribution in [0.1, 0.15) is 54.2 Å². The van der Waals surface area contributed by atoms with E-state index in [-0.39, 0.29) is 36.9 Å². The van der Waals surface area contributed by atoms with Crippen LogP contribution < -0.4 is 14.3 Å². The van der Waals surface area contributed by atoms with Crippen molar-refractivity contribution in [3.8, 4) is 17.2 Å². The average molecular weight is 518 g/mol. The Morgan fingerprint density at radius 2 is 2.00 bits per heavy atom. The number of esters is 2. The van der Waals surface area contributed by atoms with Gasteiger partial charge in [-0.05, 0) is 44.9 Å². The third kappa shape index (κ3) is 6.28. The first-order valence-corrected chi connectivity index (χ1v) is 13.4. The molecule has 0 fully saturated rings. The lowest BCUT2D eigenvalue weighted by Gasteiger charge is -2.24. The number of para-hydroxylation sites is 1. The third-order valence-corrected chi connectivity index (χ3v) is 7.91. The number of fused-ring (bicyclic) bond motifs is 1. The van der Waals surface area contributed by atoms with Gasteiger partial charge in [0.15, 0.2) is 6.23 Å². The molecule has 1 unspecified atom stereocenters. The van der Waals surface area contributed by atoms with Gasteiger partial charge < -0.3 is 23.8 Å². The predicted molar refractivity (Wildman–Crippen MR) is 135 cm³/mol. The second-order valence-electron chi connectivity index (χ2n) is 8.52. The van der Waals surface area contributed by atoms with Gasteiger partial charge >= 0.3 is 19.5 Å². The molecule has 2 atom stereocenters. The van der Waals surface area contributed by atoms with Gasteiger partial charge in [-0.2, -0.15) is 5.09 Å². The number of nitrogens with one attached hydrogen (secondary N) is 1. The molecule has 9 nitrogen and oxygen atoms in total. The van der Waals surface area contributed by atoms with Gasteiger partial charge in [0, 0.05) is 17.5 Å². The fourth-order valence-corrected chi connectivity index (χ4v) is 6.10. The van der Waals surface area contributed by atoms with Crippen LogP contribution in [-0.4, -0.2) is 36.5 Å². The van der Waals surface area contributed by atoms with Crippen LogP contribution in [0.3, 0.4) is 0 Å². The Kier molecular flexibility index (Phi) is 8.82. The number of carbonyl (C=O) groups excluding carboxylic acids is 2. The van der Waals surface area contributed by atoms with Crippen LogP contribution in [0.15, 0.2) is 42.0 Å². The quantitative estimate of drug-likeness (QED) is 0.183. The topological polar surface area (TPSA) is 120 Å². The van der Waals surface area contributed by atoms with E-state index in [0.717, 1.165) is 5.56 Å². The van der Waals surface area contributed by atoms with Crippen molar-refractivity contribution in [3.05, 3.63) is 64.2 Å². The molecule has 0 aliphatic carbocycles. The molecule has 1 aliphatic heterocycles. The van der Waals surface area contributed by atoms with E-state index in [1.165, 1.54) is 7.11 Å². The lowest BCUT2D eigenvalue weighted by atomic mass is 9.95. The average Bonchev–Trinajstić information content (AvgIpc) is 3.22. The Labute approximate surface area is 210 Å². The molecule has 1 aliphatic rings. The van der Waals surface area contributed by atoms with Crippen molar-refractivity contribution in [2.75, 3.05) is 13.3 Å². The minimum atomic E-state index is -3.57. The van der Waals surface area contributed by atoms with Gasteiger partial charge in [0.05, 0.1) is 13.3 Å². The molecule has 0 bridgehead atoms. The summed E-state index contributed by atoms with van der Waals surface area (Å²) in [6.45, 7) is 6.94. The van der Waals surface area contributed by atoms with Crippen LogP contribution in [-0.2, 0) is 31.9 Å². The minimum Gasteiger partial charge on any atom is -0.507 e. The summed E-state index contributed by atoms with van der Waals surface area (Å²) in [5, 5.41) is 13.7. The van der Waals surface area contributed by atoms with Crippen molar-refractivity contribution >= 4 is 19.5 Å². The highest BCUT2D eigenvalue weighted by Crippen LogP contribution is 2.46. The highest BCUT2D eigenvalue weighted by Gasteiger charge is 2.32. The summed E-state index contributed by atoms with van der Waals surface area (Å²) in [6.07, 6.45) is 1.36. The third-order valence-electron chi connectivity index (χ3n) is 5.73. The van der Waals surface area contributed by atoms with Crippen molar-refractivity contribution in [1.29, 1.82) is 0 Å². The van der Waals surface area contributed by atoms with E-state index in [4.69, 9.17) is 18.7 Å². The molecular weight excluding hydrogens is 485 g/mol. The van der Waals surface area contributed by atoms with E-state index in [0.29, 0.717) is 28.2 Å². The molecule has 0 saturated carbocycles. The monoisotopic (exact) mass is 517 g/mol. The standard InChI is InChI=1S/C26H32NO8P/c1-6-22(28)34-18(4)27-36(31,35-19-10-8-7-9-11-19)15-16(2)12-13-20-24(29)23-21(14-33-26(23)30)17(3)25(20)32-5/h7-12,18,29H,6,13-15H2,1-5H3,(H,27,31)/t18-,36?/m1/s1. The number of rotatable bonds is 11. The maximum Gasteiger partial charge on any atom is 0.342 e. The zero-order valence-corrected chi connectivity index (χ0v) is 22.0. The van der Waals surface area contributed by atoms with Crippen molar-refractivity contribution in [3.63, 3.8) is 0 Å². The molecule has 194 valence electrons. The number of methoxy groups -OCH3 is 1. The SMILES string of the molecule is CCC(=O)O[C@H](C)NP(=O)(CC(C)=CCc1c(O)c2c(c(C)c1OC)COC2=O)Oc1ccccc1. The maximum atomic E-state index is 13.8. The first kappa shape index (κ1) is 27.3. The van der Waals surface area contributed by atoms with E-state index >= 15 is 0 Å². The van der Waals surface area contributed by atoms with Gasteiger partial charge in [-0.15, -0.1) is 0 Å². The van der Waals surface area contributed by atoms with Crippen LogP contribution in [0.4, 0.5) is 0 Å². The molecule has 10 heteroatoms. The number of phenolic OH excluding ortho intramolecular Hbond substituents is 1. The summed E-state index contributed by atoms with van der Waals surface area (Å²) in [7, 11) is -2.07. The second kappa shape index (κ2) is 11.6. The van der Waals surface area contributed by atoms with Gasteiger partial charge in [-0.1, -0.05) is 36.8 Å². The van der Waals surface area contributed by atoms with Crippen molar-refractivity contribution < 1.29 is 38.0 Å². The smallest absolute Gasteiger partial charge is 0.342 e. The highest BCUT2D eigenvalue weighted by molar-refractivity contribution is 7.57. The normalized spacial score (nSPS) is 15.5. The Morgan fingerprint density at radius 1 is 1.31 bits per heavy atom. The van der Waals surface area contributed by atoms with Crippen LogP contribution in [0.5, 0.6) is 17.2 Å². The zero-order valence-electron chi connectivity index (χ0n) is 21.1. The molecule has 2 N–H and O–H groups in total. The van der Waals surface area contributed by atoms with Gasteiger partial charge in [-0.3, -0.25) is 9.36 Å². The fraction of sp³-hybridized carbons (Fsp3) is 0.385. The number of hydrogen-bond acceptors (Lipinski definition) is 8. The van der Waals surface area contributed by atoms with Crippen LogP contribution in [0.2, 0.25) is 0 Å². The molecule has 0 aromatic heterocycles. The molecule has 2 aromatic carbocycles. The Balaban J connectivity index is 1.87. The summed E-state index contributed by atoms with van der Waals surface area (Å²) in [5.74, 6) is -0.309. The van der Waals surface area contributed by atoms with Gasteiger partial charge in [0.1, 0.15) is 29.4 Å². The molecule has 2 aromatic rings. The predicted octanol–water partition coefficient (Wildman–Crippen LogP) is 5.03. The van der Waals surface area contributed by atoms with Gasteiger partial charge in [-0.25, -0.2) is 4.79 Å². The number of carbonyl (C=O) groups is 2. The van der Waals surface area contributed by atoms with E-state index in [2.05, 4.69) is 5.09 Å². The molecule has 0 saturated heterocycles. The van der Waals surface area contributed by atoms with Gasteiger partial charge in [0.25, 0.3) is 0 Å². The number of cyclic esters (lactones) is 1. The van der Waals surface area contributed by atoms with Crippen molar-refractivity contribution in [1.82, 2.24) is 5.09 Å². The number of aromatic hydroxyl groups is 1. The number of allylic oxidation sites excluding steroid dienone is 2. The Morgan fingerprint density at radius 3 is 2.64 bits per heavy atom. The molecular formula is C26H32NO8P. The highest BCUT2D eigenvalue weighted by atomic mass is 31.2. The summed E-state index contributed by atoms with van der Waals surface area (Å²) in [6, 6.07) is 8.71. The number of benzene rings is 2. The fourth-order valence-electron chi connectivity index (χ4n) is 4.04. The molecule has 1 heterocycles. The molecule has 3 rings (SSSR count). The summed E-state index contributed by atoms with van der Waals surface area (Å²) in [5.41, 5.74) is 2.62. The Bertz CT molecular complexity index is 1210. The summed E-state index contributed by atoms with van der Waals surface area (Å²) in [4.78, 5) is 23.9. The van der Waals surface area contributed by atoms with Gasteiger partial charge in [0.2, 0.25) is 0 Å². The molecule has 0 radical (unpaired) electrons. The van der Waals surface area contributed by atoms with E-state index < -0.39 is 25.7 Å². The zero-order chi connectivity index (χ0) is 26.5. The summed E-state index contributed by atoms with van der Waals surface area (Å²) >= 11 is 0. The van der Waals surface area contributed by atoms with Crippen LogP contribution in [0, 0.1) is 6.92 Å². The van der Waals surface area contributed by atoms with Crippen LogP contribution in [0.25, 0.3) is 0 Å². The first-order valence-electron chi connectivity index (χ1n) is 11.6. The first-order chi connectivity index (χ1) is 17.1. The number of ether oxygens (including phenoxy) is 3. The van der Waals surface area contributed by atoms with E-state index in [9.17, 15) is 19.3 Å². The second-order valence-corrected chi connectivity index (χ2v) is 10.6. The molecule has 36 heavy (non-hydrogen) atoms.